The molecule has 1 aliphatic carbocycles. The van der Waals surface area contributed by atoms with Gasteiger partial charge in [-0.3, -0.25) is 4.99 Å². The van der Waals surface area contributed by atoms with E-state index in [4.69, 9.17) is 0 Å². The van der Waals surface area contributed by atoms with Gasteiger partial charge in [0.2, 0.25) is 0 Å². The molecule has 1 aliphatic rings. The van der Waals surface area contributed by atoms with Crippen LogP contribution in [0.5, 0.6) is 0 Å². The summed E-state index contributed by atoms with van der Waals surface area (Å²) in [4.78, 5) is 16.0. The molecular formula is C19H31N5OS. The molecule has 2 atom stereocenters. The highest BCUT2D eigenvalue weighted by molar-refractivity contribution is 7.99. The first kappa shape index (κ1) is 20.4. The van der Waals surface area contributed by atoms with Crippen LogP contribution in [0.15, 0.2) is 29.3 Å². The fraction of sp³-hybridized carbons (Fsp3) is 0.579. The Morgan fingerprint density at radius 1 is 1.27 bits per heavy atom. The van der Waals surface area contributed by atoms with Crippen molar-refractivity contribution in [3.63, 3.8) is 0 Å². The lowest BCUT2D eigenvalue weighted by Crippen LogP contribution is -2.42. The summed E-state index contributed by atoms with van der Waals surface area (Å²) >= 11 is 1.95. The molecule has 0 heterocycles. The zero-order chi connectivity index (χ0) is 18.9. The van der Waals surface area contributed by atoms with E-state index in [0.717, 1.165) is 22.5 Å². The number of carbonyl (C=O) groups is 1. The molecule has 0 spiro atoms. The van der Waals surface area contributed by atoms with E-state index >= 15 is 0 Å². The van der Waals surface area contributed by atoms with E-state index in [1.165, 1.54) is 19.3 Å². The van der Waals surface area contributed by atoms with Crippen molar-refractivity contribution in [3.8, 4) is 0 Å². The summed E-state index contributed by atoms with van der Waals surface area (Å²) in [6, 6.07) is 8.26. The molecule has 0 radical (unpaired) electrons. The average Bonchev–Trinajstić information content (AvgIpc) is 3.06. The van der Waals surface area contributed by atoms with E-state index < -0.39 is 0 Å². The van der Waals surface area contributed by atoms with E-state index in [0.29, 0.717) is 12.6 Å². The zero-order valence-corrected chi connectivity index (χ0v) is 17.0. The molecule has 0 aliphatic heterocycles. The predicted molar refractivity (Wildman–Crippen MR) is 112 cm³/mol. The number of benzene rings is 1. The Morgan fingerprint density at radius 2 is 2.00 bits per heavy atom. The van der Waals surface area contributed by atoms with E-state index in [1.807, 2.05) is 49.9 Å². The maximum absolute atomic E-state index is 11.7. The Kier molecular flexibility index (Phi) is 8.09. The third-order valence-corrected chi connectivity index (χ3v) is 5.47. The van der Waals surface area contributed by atoms with Crippen molar-refractivity contribution in [2.75, 3.05) is 18.6 Å². The lowest BCUT2D eigenvalue weighted by atomic mass is 10.2. The molecule has 0 saturated heterocycles. The Labute approximate surface area is 161 Å². The van der Waals surface area contributed by atoms with Crippen molar-refractivity contribution in [1.82, 2.24) is 16.0 Å². The van der Waals surface area contributed by atoms with Gasteiger partial charge >= 0.3 is 6.03 Å². The van der Waals surface area contributed by atoms with Crippen LogP contribution in [-0.4, -0.2) is 42.6 Å². The van der Waals surface area contributed by atoms with Crippen molar-refractivity contribution in [3.05, 3.63) is 29.8 Å². The van der Waals surface area contributed by atoms with Crippen LogP contribution >= 0.6 is 11.8 Å². The maximum Gasteiger partial charge on any atom is 0.319 e. The number of nitrogens with one attached hydrogen (secondary N) is 4. The molecule has 1 aromatic rings. The van der Waals surface area contributed by atoms with Crippen LogP contribution in [0.2, 0.25) is 0 Å². The average molecular weight is 378 g/mol. The van der Waals surface area contributed by atoms with Crippen molar-refractivity contribution < 1.29 is 4.79 Å². The molecule has 26 heavy (non-hydrogen) atoms. The van der Waals surface area contributed by atoms with Crippen LogP contribution < -0.4 is 21.3 Å². The lowest BCUT2D eigenvalue weighted by Gasteiger charge is -2.17. The fourth-order valence-electron chi connectivity index (χ4n) is 2.99. The number of thioether (sulfide) groups is 1. The van der Waals surface area contributed by atoms with Gasteiger partial charge in [-0.05, 0) is 57.1 Å². The predicted octanol–water partition coefficient (Wildman–Crippen LogP) is 3.17. The third kappa shape index (κ3) is 6.78. The number of guanidine groups is 1. The highest BCUT2D eigenvalue weighted by Gasteiger charge is 2.24. The quantitative estimate of drug-likeness (QED) is 0.454. The van der Waals surface area contributed by atoms with Crippen LogP contribution in [0.1, 0.15) is 38.7 Å². The van der Waals surface area contributed by atoms with Gasteiger partial charge in [0.1, 0.15) is 0 Å². The number of nitrogens with zero attached hydrogens (tertiary/aromatic N) is 1. The van der Waals surface area contributed by atoms with Crippen molar-refractivity contribution >= 4 is 29.4 Å². The first-order valence-corrected chi connectivity index (χ1v) is 10.5. The highest BCUT2D eigenvalue weighted by Crippen LogP contribution is 2.28. The van der Waals surface area contributed by atoms with E-state index in [-0.39, 0.29) is 12.1 Å². The minimum Gasteiger partial charge on any atom is -0.354 e. The van der Waals surface area contributed by atoms with E-state index in [2.05, 4.69) is 32.5 Å². The molecular weight excluding hydrogens is 346 g/mol. The summed E-state index contributed by atoms with van der Waals surface area (Å²) in [5, 5.41) is 13.3. The number of anilines is 1. The molecule has 4 N–H and O–H groups in total. The summed E-state index contributed by atoms with van der Waals surface area (Å²) < 4.78 is 0. The number of aliphatic imine (C=N–C) groups is 1. The summed E-state index contributed by atoms with van der Waals surface area (Å²) in [5.41, 5.74) is 1.92. The number of urea groups is 1. The monoisotopic (exact) mass is 377 g/mol. The number of rotatable bonds is 6. The second-order valence-electron chi connectivity index (χ2n) is 6.89. The first-order chi connectivity index (χ1) is 12.5. The Hall–Kier alpha value is -1.89. The van der Waals surface area contributed by atoms with Gasteiger partial charge in [-0.15, -0.1) is 0 Å². The molecule has 0 bridgehead atoms. The Balaban J connectivity index is 1.78. The SMILES string of the molecule is CN=C(NCc1ccc(NC(=O)NC(C)C)cc1)NC1CCC(SC)C1. The summed E-state index contributed by atoms with van der Waals surface area (Å²) in [7, 11) is 1.80. The van der Waals surface area contributed by atoms with Gasteiger partial charge in [0.15, 0.2) is 5.96 Å². The molecule has 1 fully saturated rings. The van der Waals surface area contributed by atoms with Crippen LogP contribution in [0.3, 0.4) is 0 Å². The van der Waals surface area contributed by atoms with Gasteiger partial charge in [0, 0.05) is 36.6 Å². The summed E-state index contributed by atoms with van der Waals surface area (Å²) in [6.45, 7) is 4.56. The lowest BCUT2D eigenvalue weighted by molar-refractivity contribution is 0.250. The zero-order valence-electron chi connectivity index (χ0n) is 16.1. The van der Waals surface area contributed by atoms with Crippen molar-refractivity contribution in [2.45, 2.75) is 57.0 Å². The molecule has 2 amide bonds. The van der Waals surface area contributed by atoms with Crippen LogP contribution in [0.4, 0.5) is 10.5 Å². The van der Waals surface area contributed by atoms with Gasteiger partial charge in [0.05, 0.1) is 0 Å². The maximum atomic E-state index is 11.7. The van der Waals surface area contributed by atoms with Gasteiger partial charge in [-0.2, -0.15) is 11.8 Å². The molecule has 2 unspecified atom stereocenters. The van der Waals surface area contributed by atoms with Crippen molar-refractivity contribution in [1.29, 1.82) is 0 Å². The Morgan fingerprint density at radius 3 is 2.58 bits per heavy atom. The van der Waals surface area contributed by atoms with Gasteiger partial charge in [0.25, 0.3) is 0 Å². The molecule has 1 aromatic carbocycles. The molecule has 144 valence electrons. The number of hydrogen-bond acceptors (Lipinski definition) is 3. The highest BCUT2D eigenvalue weighted by atomic mass is 32.2. The van der Waals surface area contributed by atoms with E-state index in [9.17, 15) is 4.79 Å². The Bertz CT molecular complexity index is 602. The number of carbonyl (C=O) groups excluding carboxylic acids is 1. The minimum absolute atomic E-state index is 0.115. The molecule has 2 rings (SSSR count). The molecule has 6 nitrogen and oxygen atoms in total. The van der Waals surface area contributed by atoms with Crippen LogP contribution in [0, 0.1) is 0 Å². The van der Waals surface area contributed by atoms with Gasteiger partial charge in [-0.1, -0.05) is 12.1 Å². The van der Waals surface area contributed by atoms with Crippen molar-refractivity contribution in [2.24, 2.45) is 4.99 Å². The van der Waals surface area contributed by atoms with Crippen LogP contribution in [0.25, 0.3) is 0 Å². The second kappa shape index (κ2) is 10.3. The molecule has 1 saturated carbocycles. The van der Waals surface area contributed by atoms with Crippen LogP contribution in [-0.2, 0) is 6.54 Å². The fourth-order valence-corrected chi connectivity index (χ4v) is 3.79. The molecule has 7 heteroatoms. The third-order valence-electron chi connectivity index (χ3n) is 4.37. The second-order valence-corrected chi connectivity index (χ2v) is 8.03. The largest absolute Gasteiger partial charge is 0.354 e. The molecule has 0 aromatic heterocycles. The van der Waals surface area contributed by atoms with E-state index in [1.54, 1.807) is 7.05 Å². The summed E-state index contributed by atoms with van der Waals surface area (Å²) in [6.07, 6.45) is 5.85. The number of amides is 2. The minimum atomic E-state index is -0.185. The normalized spacial score (nSPS) is 20.1. The number of hydrogen-bond donors (Lipinski definition) is 4. The first-order valence-electron chi connectivity index (χ1n) is 9.16. The topological polar surface area (TPSA) is 77.5 Å². The standard InChI is InChI=1S/C19H31N5OS/c1-13(2)22-19(25)24-15-7-5-14(6-8-15)12-21-18(20-3)23-16-9-10-17(11-16)26-4/h5-8,13,16-17H,9-12H2,1-4H3,(H2,20,21,23)(H2,22,24,25). The summed E-state index contributed by atoms with van der Waals surface area (Å²) in [5.74, 6) is 0.843. The van der Waals surface area contributed by atoms with Gasteiger partial charge < -0.3 is 21.3 Å². The smallest absolute Gasteiger partial charge is 0.319 e. The van der Waals surface area contributed by atoms with Gasteiger partial charge in [-0.25, -0.2) is 4.79 Å².